The summed E-state index contributed by atoms with van der Waals surface area (Å²) in [4.78, 5) is 34.2. The van der Waals surface area contributed by atoms with Gasteiger partial charge >= 0.3 is 0 Å². The molecule has 1 aliphatic heterocycles. The third kappa shape index (κ3) is 2.20. The fraction of sp³-hybridized carbons (Fsp3) is 0.111. The molecule has 0 radical (unpaired) electrons. The van der Waals surface area contributed by atoms with E-state index in [0.29, 0.717) is 6.42 Å². The van der Waals surface area contributed by atoms with Crippen LogP contribution in [0.25, 0.3) is 11.0 Å². The van der Waals surface area contributed by atoms with E-state index in [0.717, 1.165) is 10.5 Å². The van der Waals surface area contributed by atoms with E-state index in [2.05, 4.69) is 9.97 Å². The van der Waals surface area contributed by atoms with Gasteiger partial charge in [0.05, 0.1) is 0 Å². The molecule has 1 aliphatic rings. The van der Waals surface area contributed by atoms with Crippen molar-refractivity contribution in [2.75, 3.05) is 6.54 Å². The summed E-state index contributed by atoms with van der Waals surface area (Å²) in [6.45, 7) is 0.145. The predicted molar refractivity (Wildman–Crippen MR) is 88.4 cm³/mol. The highest BCUT2D eigenvalue weighted by molar-refractivity contribution is 6.26. The minimum Gasteiger partial charge on any atom is -0.505 e. The van der Waals surface area contributed by atoms with Crippen molar-refractivity contribution in [2.24, 2.45) is 0 Å². The monoisotopic (exact) mass is 335 g/mol. The van der Waals surface area contributed by atoms with E-state index in [1.165, 1.54) is 12.4 Å². The molecule has 0 fully saturated rings. The molecule has 1 aromatic heterocycles. The minimum absolute atomic E-state index is 0.00944. The molecular weight excluding hydrogens is 322 g/mol. The second-order valence-electron chi connectivity index (χ2n) is 5.70. The SMILES string of the molecule is O=C1c2c(c(O)c3nccnc3c2O)C(=O)N1CCc1ccccc1. The highest BCUT2D eigenvalue weighted by Gasteiger charge is 2.42. The Morgan fingerprint density at radius 1 is 0.840 bits per heavy atom. The van der Waals surface area contributed by atoms with Gasteiger partial charge in [-0.05, 0) is 12.0 Å². The van der Waals surface area contributed by atoms with Crippen LogP contribution < -0.4 is 0 Å². The van der Waals surface area contributed by atoms with Gasteiger partial charge in [-0.25, -0.2) is 9.97 Å². The van der Waals surface area contributed by atoms with Crippen molar-refractivity contribution < 1.29 is 19.8 Å². The van der Waals surface area contributed by atoms with Crippen molar-refractivity contribution in [1.29, 1.82) is 0 Å². The van der Waals surface area contributed by atoms with E-state index >= 15 is 0 Å². The average Bonchev–Trinajstić information content (AvgIpc) is 2.90. The van der Waals surface area contributed by atoms with Crippen molar-refractivity contribution in [1.82, 2.24) is 14.9 Å². The molecule has 7 heteroatoms. The summed E-state index contributed by atoms with van der Waals surface area (Å²) < 4.78 is 0. The molecular formula is C18H13N3O4. The van der Waals surface area contributed by atoms with Crippen molar-refractivity contribution >= 4 is 22.8 Å². The van der Waals surface area contributed by atoms with Crippen molar-refractivity contribution in [2.45, 2.75) is 6.42 Å². The van der Waals surface area contributed by atoms with Gasteiger partial charge in [0, 0.05) is 18.9 Å². The standard InChI is InChI=1S/C18H13N3O4/c22-15-11-12(16(23)14-13(15)19-7-8-20-14)18(25)21(17(11)24)9-6-10-4-2-1-3-5-10/h1-5,7-8,22-23H,6,9H2. The Bertz CT molecular complexity index is 957. The summed E-state index contributed by atoms with van der Waals surface area (Å²) in [6, 6.07) is 9.43. The van der Waals surface area contributed by atoms with Gasteiger partial charge in [0.25, 0.3) is 11.8 Å². The van der Waals surface area contributed by atoms with E-state index in [1.54, 1.807) is 0 Å². The molecule has 25 heavy (non-hydrogen) atoms. The average molecular weight is 335 g/mol. The maximum atomic E-state index is 12.6. The number of aromatic hydroxyl groups is 2. The molecule has 0 aliphatic carbocycles. The third-order valence-corrected chi connectivity index (χ3v) is 4.26. The van der Waals surface area contributed by atoms with Crippen LogP contribution in [-0.4, -0.2) is 43.4 Å². The van der Waals surface area contributed by atoms with Gasteiger partial charge in [0.1, 0.15) is 22.2 Å². The second-order valence-corrected chi connectivity index (χ2v) is 5.70. The summed E-state index contributed by atoms with van der Waals surface area (Å²) in [5.41, 5.74) is 0.516. The lowest BCUT2D eigenvalue weighted by atomic mass is 10.1. The Balaban J connectivity index is 1.76. The van der Waals surface area contributed by atoms with Gasteiger partial charge in [0.15, 0.2) is 11.5 Å². The van der Waals surface area contributed by atoms with Crippen LogP contribution in [0.3, 0.4) is 0 Å². The van der Waals surface area contributed by atoms with Crippen molar-refractivity contribution in [3.05, 3.63) is 59.4 Å². The van der Waals surface area contributed by atoms with Crippen LogP contribution in [0.1, 0.15) is 26.3 Å². The quantitative estimate of drug-likeness (QED) is 0.559. The molecule has 0 saturated heterocycles. The lowest BCUT2D eigenvalue weighted by molar-refractivity contribution is 0.0655. The maximum Gasteiger partial charge on any atom is 0.265 e. The highest BCUT2D eigenvalue weighted by atomic mass is 16.3. The number of hydrogen-bond acceptors (Lipinski definition) is 6. The fourth-order valence-corrected chi connectivity index (χ4v) is 3.03. The molecule has 2 heterocycles. The number of carbonyl (C=O) groups is 2. The van der Waals surface area contributed by atoms with Crippen LogP contribution in [0.5, 0.6) is 11.5 Å². The lowest BCUT2D eigenvalue weighted by Crippen LogP contribution is -2.31. The molecule has 0 unspecified atom stereocenters. The maximum absolute atomic E-state index is 12.6. The number of fused-ring (bicyclic) bond motifs is 2. The van der Waals surface area contributed by atoms with Gasteiger partial charge in [-0.2, -0.15) is 0 Å². The fourth-order valence-electron chi connectivity index (χ4n) is 3.03. The smallest absolute Gasteiger partial charge is 0.265 e. The lowest BCUT2D eigenvalue weighted by Gasteiger charge is -2.13. The van der Waals surface area contributed by atoms with Crippen LogP contribution >= 0.6 is 0 Å². The van der Waals surface area contributed by atoms with Crippen LogP contribution in [-0.2, 0) is 6.42 Å². The number of phenols is 2. The molecule has 3 aromatic rings. The minimum atomic E-state index is -0.642. The van der Waals surface area contributed by atoms with Crippen LogP contribution in [0.2, 0.25) is 0 Å². The first-order chi connectivity index (χ1) is 12.1. The number of phenolic OH excluding ortho intramolecular Hbond substituents is 2. The number of amides is 2. The van der Waals surface area contributed by atoms with Gasteiger partial charge in [0.2, 0.25) is 0 Å². The molecule has 2 amide bonds. The molecule has 0 spiro atoms. The van der Waals surface area contributed by atoms with Crippen LogP contribution in [0.15, 0.2) is 42.7 Å². The number of carbonyl (C=O) groups excluding carboxylic acids is 2. The Kier molecular flexibility index (Phi) is 3.35. The highest BCUT2D eigenvalue weighted by Crippen LogP contribution is 2.41. The zero-order valence-corrected chi connectivity index (χ0v) is 13.0. The van der Waals surface area contributed by atoms with Crippen LogP contribution in [0, 0.1) is 0 Å². The number of hydrogen-bond donors (Lipinski definition) is 2. The first-order valence-electron chi connectivity index (χ1n) is 7.68. The Labute approximate surface area is 142 Å². The zero-order chi connectivity index (χ0) is 17.6. The van der Waals surface area contributed by atoms with Crippen LogP contribution in [0.4, 0.5) is 0 Å². The topological polar surface area (TPSA) is 104 Å². The summed E-state index contributed by atoms with van der Waals surface area (Å²) >= 11 is 0. The molecule has 2 aromatic carbocycles. The predicted octanol–water partition coefficient (Wildman–Crippen LogP) is 1.88. The van der Waals surface area contributed by atoms with E-state index in [4.69, 9.17) is 0 Å². The Morgan fingerprint density at radius 3 is 1.88 bits per heavy atom. The second kappa shape index (κ2) is 5.55. The Morgan fingerprint density at radius 2 is 1.36 bits per heavy atom. The zero-order valence-electron chi connectivity index (χ0n) is 13.0. The van der Waals surface area contributed by atoms with Gasteiger partial charge < -0.3 is 10.2 Å². The Hall–Kier alpha value is -3.48. The van der Waals surface area contributed by atoms with E-state index in [-0.39, 0.29) is 28.7 Å². The number of rotatable bonds is 3. The van der Waals surface area contributed by atoms with Crippen molar-refractivity contribution in [3.63, 3.8) is 0 Å². The molecule has 124 valence electrons. The van der Waals surface area contributed by atoms with Gasteiger partial charge in [-0.3, -0.25) is 14.5 Å². The van der Waals surface area contributed by atoms with Gasteiger partial charge in [-0.15, -0.1) is 0 Å². The summed E-state index contributed by atoms with van der Waals surface area (Å²) in [7, 11) is 0. The number of aromatic nitrogens is 2. The molecule has 4 rings (SSSR count). The third-order valence-electron chi connectivity index (χ3n) is 4.26. The van der Waals surface area contributed by atoms with E-state index in [9.17, 15) is 19.8 Å². The first kappa shape index (κ1) is 15.1. The van der Waals surface area contributed by atoms with E-state index in [1.807, 2.05) is 30.3 Å². The molecule has 0 saturated carbocycles. The summed E-state index contributed by atoms with van der Waals surface area (Å²) in [5.74, 6) is -2.15. The summed E-state index contributed by atoms with van der Waals surface area (Å²) in [6.07, 6.45) is 3.15. The molecule has 7 nitrogen and oxygen atoms in total. The normalized spacial score (nSPS) is 13.5. The first-order valence-corrected chi connectivity index (χ1v) is 7.68. The molecule has 0 atom stereocenters. The number of nitrogens with zero attached hydrogens (tertiary/aromatic N) is 3. The molecule has 0 bridgehead atoms. The largest absolute Gasteiger partial charge is 0.505 e. The van der Waals surface area contributed by atoms with Gasteiger partial charge in [-0.1, -0.05) is 30.3 Å². The van der Waals surface area contributed by atoms with E-state index < -0.39 is 23.3 Å². The molecule has 2 N–H and O–H groups in total. The van der Waals surface area contributed by atoms with Crippen molar-refractivity contribution in [3.8, 4) is 11.5 Å². The summed E-state index contributed by atoms with van der Waals surface area (Å²) in [5, 5.41) is 20.7. The number of benzene rings is 2. The number of imide groups is 1.